The molecule has 0 aliphatic carbocycles. The first-order chi connectivity index (χ1) is 15.0. The SMILES string of the molecule is COC(=O)c1ccc(COc2cc(C)c3c(c2)O/C(=C\c2ccccc2F)C3=O)cc1. The summed E-state index contributed by atoms with van der Waals surface area (Å²) < 4.78 is 30.2. The van der Waals surface area contributed by atoms with Gasteiger partial charge in [0.2, 0.25) is 5.78 Å². The Bertz CT molecular complexity index is 1200. The number of allylic oxidation sites excluding steroid dienone is 1. The normalized spacial score (nSPS) is 13.6. The molecule has 0 N–H and O–H groups in total. The Morgan fingerprint density at radius 2 is 1.84 bits per heavy atom. The second-order valence-electron chi connectivity index (χ2n) is 7.05. The fourth-order valence-corrected chi connectivity index (χ4v) is 3.32. The lowest BCUT2D eigenvalue weighted by atomic mass is 10.0. The zero-order chi connectivity index (χ0) is 22.0. The third-order valence-corrected chi connectivity index (χ3v) is 4.92. The van der Waals surface area contributed by atoms with E-state index >= 15 is 0 Å². The molecule has 1 aliphatic heterocycles. The number of hydrogen-bond acceptors (Lipinski definition) is 5. The Morgan fingerprint density at radius 3 is 2.55 bits per heavy atom. The van der Waals surface area contributed by atoms with E-state index in [1.807, 2.05) is 0 Å². The van der Waals surface area contributed by atoms with Gasteiger partial charge >= 0.3 is 5.97 Å². The second-order valence-corrected chi connectivity index (χ2v) is 7.05. The third-order valence-electron chi connectivity index (χ3n) is 4.92. The van der Waals surface area contributed by atoms with Crippen molar-refractivity contribution in [3.05, 3.63) is 100 Å². The van der Waals surface area contributed by atoms with Gasteiger partial charge in [0, 0.05) is 11.6 Å². The topological polar surface area (TPSA) is 61.8 Å². The van der Waals surface area contributed by atoms with E-state index in [9.17, 15) is 14.0 Å². The molecule has 3 aromatic carbocycles. The molecule has 0 saturated carbocycles. The van der Waals surface area contributed by atoms with Gasteiger partial charge in [-0.3, -0.25) is 4.79 Å². The molecule has 3 aromatic rings. The summed E-state index contributed by atoms with van der Waals surface area (Å²) in [4.78, 5) is 24.3. The Balaban J connectivity index is 1.51. The largest absolute Gasteiger partial charge is 0.489 e. The van der Waals surface area contributed by atoms with Crippen LogP contribution in [0.25, 0.3) is 6.08 Å². The van der Waals surface area contributed by atoms with Crippen LogP contribution in [0, 0.1) is 12.7 Å². The molecule has 0 fully saturated rings. The summed E-state index contributed by atoms with van der Waals surface area (Å²) in [6.45, 7) is 2.07. The van der Waals surface area contributed by atoms with Crippen LogP contribution in [0.15, 0.2) is 66.4 Å². The molecule has 0 atom stereocenters. The van der Waals surface area contributed by atoms with Crippen LogP contribution in [0.1, 0.15) is 37.4 Å². The molecule has 0 saturated heterocycles. The molecule has 1 heterocycles. The highest BCUT2D eigenvalue weighted by Gasteiger charge is 2.30. The number of methoxy groups -OCH3 is 1. The molecule has 5 nitrogen and oxygen atoms in total. The summed E-state index contributed by atoms with van der Waals surface area (Å²) >= 11 is 0. The minimum atomic E-state index is -0.429. The van der Waals surface area contributed by atoms with Gasteiger partial charge in [0.25, 0.3) is 0 Å². The molecule has 1 aliphatic rings. The van der Waals surface area contributed by atoms with E-state index in [-0.39, 0.29) is 23.7 Å². The van der Waals surface area contributed by atoms with Gasteiger partial charge in [0.1, 0.15) is 23.9 Å². The summed E-state index contributed by atoms with van der Waals surface area (Å²) in [5.41, 5.74) is 2.75. The number of carbonyl (C=O) groups is 2. The number of carbonyl (C=O) groups excluding carboxylic acids is 2. The van der Waals surface area contributed by atoms with Crippen molar-refractivity contribution in [3.63, 3.8) is 0 Å². The third kappa shape index (κ3) is 4.19. The van der Waals surface area contributed by atoms with Gasteiger partial charge < -0.3 is 14.2 Å². The van der Waals surface area contributed by atoms with Crippen molar-refractivity contribution >= 4 is 17.8 Å². The Hall–Kier alpha value is -3.93. The minimum Gasteiger partial charge on any atom is -0.489 e. The summed E-state index contributed by atoms with van der Waals surface area (Å²) in [7, 11) is 1.33. The van der Waals surface area contributed by atoms with E-state index in [2.05, 4.69) is 4.74 Å². The van der Waals surface area contributed by atoms with Crippen molar-refractivity contribution in [1.29, 1.82) is 0 Å². The van der Waals surface area contributed by atoms with Crippen LogP contribution in [0.2, 0.25) is 0 Å². The first kappa shape index (κ1) is 20.3. The average molecular weight is 418 g/mol. The van der Waals surface area contributed by atoms with Gasteiger partial charge in [-0.2, -0.15) is 0 Å². The predicted octanol–water partition coefficient (Wildman–Crippen LogP) is 5.12. The Labute approximate surface area is 178 Å². The lowest BCUT2D eigenvalue weighted by Gasteiger charge is -2.09. The lowest BCUT2D eigenvalue weighted by molar-refractivity contribution is 0.0600. The molecule has 0 unspecified atom stereocenters. The maximum atomic E-state index is 13.9. The first-order valence-electron chi connectivity index (χ1n) is 9.59. The van der Waals surface area contributed by atoms with Gasteiger partial charge in [0.15, 0.2) is 5.76 Å². The number of Topliss-reactive ketones (excluding diaryl/α,β-unsaturated/α-hetero) is 1. The molecule has 156 valence electrons. The highest BCUT2D eigenvalue weighted by molar-refractivity contribution is 6.15. The number of rotatable bonds is 5. The van der Waals surface area contributed by atoms with Crippen molar-refractivity contribution in [2.24, 2.45) is 0 Å². The molecule has 0 amide bonds. The smallest absolute Gasteiger partial charge is 0.337 e. The van der Waals surface area contributed by atoms with Crippen LogP contribution in [0.3, 0.4) is 0 Å². The quantitative estimate of drug-likeness (QED) is 0.425. The van der Waals surface area contributed by atoms with Crippen LogP contribution in [-0.4, -0.2) is 18.9 Å². The molecular weight excluding hydrogens is 399 g/mol. The Morgan fingerprint density at radius 1 is 1.10 bits per heavy atom. The number of ketones is 1. The van der Waals surface area contributed by atoms with Gasteiger partial charge in [-0.05, 0) is 48.4 Å². The van der Waals surface area contributed by atoms with E-state index in [1.165, 1.54) is 19.3 Å². The number of aryl methyl sites for hydroxylation is 1. The van der Waals surface area contributed by atoms with Crippen molar-refractivity contribution in [2.45, 2.75) is 13.5 Å². The van der Waals surface area contributed by atoms with Gasteiger partial charge in [0.05, 0.1) is 18.2 Å². The molecule has 0 aromatic heterocycles. The van der Waals surface area contributed by atoms with Crippen molar-refractivity contribution in [1.82, 2.24) is 0 Å². The standard InChI is InChI=1S/C25H19FO5/c1-15-11-19(30-14-16-7-9-17(10-8-16)25(28)29-2)13-21-23(15)24(27)22(31-21)12-18-5-3-4-6-20(18)26/h3-13H,14H2,1-2H3/b22-12-. The van der Waals surface area contributed by atoms with E-state index in [0.29, 0.717) is 28.2 Å². The van der Waals surface area contributed by atoms with Gasteiger partial charge in [-0.1, -0.05) is 30.3 Å². The van der Waals surface area contributed by atoms with Crippen LogP contribution < -0.4 is 9.47 Å². The van der Waals surface area contributed by atoms with E-state index in [1.54, 1.807) is 61.5 Å². The number of halogens is 1. The molecule has 6 heteroatoms. The molecular formula is C25H19FO5. The summed E-state index contributed by atoms with van der Waals surface area (Å²) in [5, 5.41) is 0. The lowest BCUT2D eigenvalue weighted by Crippen LogP contribution is -2.02. The second kappa shape index (κ2) is 8.44. The fourth-order valence-electron chi connectivity index (χ4n) is 3.32. The number of benzene rings is 3. The highest BCUT2D eigenvalue weighted by Crippen LogP contribution is 2.37. The monoisotopic (exact) mass is 418 g/mol. The van der Waals surface area contributed by atoms with Crippen molar-refractivity contribution in [2.75, 3.05) is 7.11 Å². The van der Waals surface area contributed by atoms with E-state index < -0.39 is 11.8 Å². The van der Waals surface area contributed by atoms with Crippen LogP contribution in [0.4, 0.5) is 4.39 Å². The van der Waals surface area contributed by atoms with E-state index in [0.717, 1.165) is 5.56 Å². The Kier molecular flexibility index (Phi) is 5.54. The van der Waals surface area contributed by atoms with E-state index in [4.69, 9.17) is 9.47 Å². The first-order valence-corrected chi connectivity index (χ1v) is 9.59. The number of ether oxygens (including phenoxy) is 3. The number of hydrogen-bond donors (Lipinski definition) is 0. The zero-order valence-corrected chi connectivity index (χ0v) is 17.0. The molecule has 4 rings (SSSR count). The highest BCUT2D eigenvalue weighted by atomic mass is 19.1. The summed E-state index contributed by atoms with van der Waals surface area (Å²) in [6, 6.07) is 16.5. The molecule has 0 bridgehead atoms. The zero-order valence-electron chi connectivity index (χ0n) is 17.0. The molecule has 0 radical (unpaired) electrons. The average Bonchev–Trinajstić information content (AvgIpc) is 3.09. The minimum absolute atomic E-state index is 0.0683. The predicted molar refractivity (Wildman–Crippen MR) is 113 cm³/mol. The number of fused-ring (bicyclic) bond motifs is 1. The van der Waals surface area contributed by atoms with Crippen molar-refractivity contribution in [3.8, 4) is 11.5 Å². The van der Waals surface area contributed by atoms with Crippen LogP contribution in [0.5, 0.6) is 11.5 Å². The fraction of sp³-hybridized carbons (Fsp3) is 0.120. The van der Waals surface area contributed by atoms with Gasteiger partial charge in [-0.25, -0.2) is 9.18 Å². The van der Waals surface area contributed by atoms with Gasteiger partial charge in [-0.15, -0.1) is 0 Å². The molecule has 31 heavy (non-hydrogen) atoms. The van der Waals surface area contributed by atoms with Crippen LogP contribution >= 0.6 is 0 Å². The summed E-state index contributed by atoms with van der Waals surface area (Å²) in [6.07, 6.45) is 1.40. The number of esters is 1. The summed E-state index contributed by atoms with van der Waals surface area (Å²) in [5.74, 6) is -0.139. The molecule has 0 spiro atoms. The van der Waals surface area contributed by atoms with Crippen molar-refractivity contribution < 1.29 is 28.2 Å². The van der Waals surface area contributed by atoms with Crippen LogP contribution in [-0.2, 0) is 11.3 Å². The maximum Gasteiger partial charge on any atom is 0.337 e. The maximum absolute atomic E-state index is 13.9.